The molecule has 5 rings (SSSR count). The van der Waals surface area contributed by atoms with Gasteiger partial charge in [-0.05, 0) is 98.5 Å². The van der Waals surface area contributed by atoms with E-state index in [1.165, 1.54) is 72.8 Å². The van der Waals surface area contributed by atoms with Gasteiger partial charge in [0.1, 0.15) is 11.5 Å². The molecule has 4 N–H and O–H groups in total. The number of esters is 2. The Bertz CT molecular complexity index is 1910. The summed E-state index contributed by atoms with van der Waals surface area (Å²) in [4.78, 5) is 35.8. The van der Waals surface area contributed by atoms with Crippen LogP contribution in [0.5, 0.6) is 11.5 Å². The van der Waals surface area contributed by atoms with Crippen molar-refractivity contribution in [1.82, 2.24) is 5.32 Å². The number of halogens is 6. The second-order valence-corrected chi connectivity index (χ2v) is 12.1. The number of carbonyl (C=O) groups is 3. The highest BCUT2D eigenvalue weighted by atomic mass is 19.4. The predicted octanol–water partition coefficient (Wildman–Crippen LogP) is 9.89. The zero-order valence-corrected chi connectivity index (χ0v) is 29.8. The molecule has 55 heavy (non-hydrogen) atoms. The van der Waals surface area contributed by atoms with E-state index in [0.717, 1.165) is 44.2 Å². The molecule has 0 unspecified atom stereocenters. The molecule has 4 aromatic carbocycles. The molecule has 1 aliphatic rings. The topological polar surface area (TPSA) is 138 Å². The van der Waals surface area contributed by atoms with Gasteiger partial charge in [0.25, 0.3) is 0 Å². The fourth-order valence-corrected chi connectivity index (χ4v) is 5.63. The first-order valence-corrected chi connectivity index (χ1v) is 17.2. The van der Waals surface area contributed by atoms with Gasteiger partial charge in [0, 0.05) is 28.5 Å². The number of carbonyl (C=O) groups excluding carboxylic acids is 3. The van der Waals surface area contributed by atoms with E-state index in [0.29, 0.717) is 28.1 Å². The largest absolute Gasteiger partial charge is 0.573 e. The van der Waals surface area contributed by atoms with Crippen LogP contribution in [0.3, 0.4) is 0 Å². The number of nitrogens with two attached hydrogens (primary N) is 1. The van der Waals surface area contributed by atoms with Gasteiger partial charge in [-0.15, -0.1) is 26.3 Å². The highest BCUT2D eigenvalue weighted by molar-refractivity contribution is 5.92. The molecule has 0 spiro atoms. The average molecular weight is 776 g/mol. The molecular weight excluding hydrogens is 736 g/mol. The quantitative estimate of drug-likeness (QED) is 0.0823. The first-order valence-electron chi connectivity index (χ1n) is 17.2. The standard InChI is InChI=1S/C23H25F3N2O4.C16H14F3NO3/c1-2-31-21(29)16-10-8-15(9-11-16)19-14-18(12-13-20(19)32-23(24,25)26)28-22(30)27-17-6-4-3-5-7-17;1-2-22-15(21)11-5-3-10(4-6-11)13-9-12(20)7-8-14(13)23-16(17,18)19/h8-14,17H,2-7H2,1H3,(H2,27,28,30);3-9H,2,20H2,1H3. The van der Waals surface area contributed by atoms with Gasteiger partial charge in [0.05, 0.1) is 24.3 Å². The molecule has 4 aromatic rings. The van der Waals surface area contributed by atoms with Crippen molar-refractivity contribution in [2.24, 2.45) is 0 Å². The fourth-order valence-electron chi connectivity index (χ4n) is 5.63. The normalized spacial score (nSPS) is 13.1. The third kappa shape index (κ3) is 13.2. The van der Waals surface area contributed by atoms with Crippen molar-refractivity contribution >= 4 is 29.3 Å². The third-order valence-corrected chi connectivity index (χ3v) is 8.05. The summed E-state index contributed by atoms with van der Waals surface area (Å²) in [7, 11) is 0. The lowest BCUT2D eigenvalue weighted by Crippen LogP contribution is -2.39. The third-order valence-electron chi connectivity index (χ3n) is 8.05. The first kappa shape index (κ1) is 41.8. The molecule has 1 aliphatic carbocycles. The van der Waals surface area contributed by atoms with E-state index in [1.54, 1.807) is 13.8 Å². The molecule has 0 heterocycles. The number of nitrogens with one attached hydrogen (secondary N) is 2. The van der Waals surface area contributed by atoms with E-state index in [4.69, 9.17) is 15.2 Å². The molecule has 1 saturated carbocycles. The number of ether oxygens (including phenoxy) is 4. The molecule has 0 aromatic heterocycles. The number of urea groups is 1. The molecule has 0 atom stereocenters. The van der Waals surface area contributed by atoms with E-state index in [-0.39, 0.29) is 41.7 Å². The Balaban J connectivity index is 0.000000258. The number of hydrogen-bond donors (Lipinski definition) is 3. The predicted molar refractivity (Wildman–Crippen MR) is 192 cm³/mol. The van der Waals surface area contributed by atoms with Crippen LogP contribution in [0.1, 0.15) is 66.7 Å². The van der Waals surface area contributed by atoms with Gasteiger partial charge in [0.15, 0.2) is 0 Å². The van der Waals surface area contributed by atoms with E-state index in [1.807, 2.05) is 0 Å². The maximum absolute atomic E-state index is 12.9. The Kier molecular flexibility index (Phi) is 14.4. The summed E-state index contributed by atoms with van der Waals surface area (Å²) in [5.74, 6) is -1.81. The second kappa shape index (κ2) is 18.9. The number of nitrogen functional groups attached to an aromatic ring is 1. The molecule has 294 valence electrons. The summed E-state index contributed by atoms with van der Waals surface area (Å²) in [6.45, 7) is 3.80. The van der Waals surface area contributed by atoms with Crippen LogP contribution in [0.25, 0.3) is 22.3 Å². The van der Waals surface area contributed by atoms with Crippen molar-refractivity contribution in [2.45, 2.75) is 64.7 Å². The van der Waals surface area contributed by atoms with Crippen molar-refractivity contribution in [3.8, 4) is 33.8 Å². The number of benzene rings is 4. The van der Waals surface area contributed by atoms with Crippen molar-refractivity contribution in [1.29, 1.82) is 0 Å². The van der Waals surface area contributed by atoms with Crippen molar-refractivity contribution in [2.75, 3.05) is 24.3 Å². The van der Waals surface area contributed by atoms with Gasteiger partial charge in [0.2, 0.25) is 0 Å². The summed E-state index contributed by atoms with van der Waals surface area (Å²) in [6.07, 6.45) is -4.62. The monoisotopic (exact) mass is 775 g/mol. The minimum atomic E-state index is -4.88. The number of anilines is 2. The molecule has 0 saturated heterocycles. The smallest absolute Gasteiger partial charge is 0.462 e. The minimum absolute atomic E-state index is 0.0893. The van der Waals surface area contributed by atoms with Crippen LogP contribution in [-0.2, 0) is 9.47 Å². The number of hydrogen-bond acceptors (Lipinski definition) is 8. The summed E-state index contributed by atoms with van der Waals surface area (Å²) in [5, 5.41) is 5.57. The lowest BCUT2D eigenvalue weighted by molar-refractivity contribution is -0.275. The Morgan fingerprint density at radius 2 is 1.11 bits per heavy atom. The zero-order chi connectivity index (χ0) is 40.2. The molecule has 0 bridgehead atoms. The lowest BCUT2D eigenvalue weighted by atomic mass is 9.96. The van der Waals surface area contributed by atoms with Crippen LogP contribution >= 0.6 is 0 Å². The highest BCUT2D eigenvalue weighted by Gasteiger charge is 2.33. The van der Waals surface area contributed by atoms with E-state index in [2.05, 4.69) is 20.1 Å². The summed E-state index contributed by atoms with van der Waals surface area (Å²) in [5.41, 5.74) is 7.94. The van der Waals surface area contributed by atoms with Crippen LogP contribution in [-0.4, -0.2) is 50.0 Å². The van der Waals surface area contributed by atoms with Crippen molar-refractivity contribution < 1.29 is 59.7 Å². The zero-order valence-electron chi connectivity index (χ0n) is 29.8. The summed E-state index contributed by atoms with van der Waals surface area (Å²) < 4.78 is 94.1. The van der Waals surface area contributed by atoms with Gasteiger partial charge in [-0.25, -0.2) is 14.4 Å². The van der Waals surface area contributed by atoms with Crippen molar-refractivity contribution in [3.05, 3.63) is 96.1 Å². The Labute approximate surface area is 312 Å². The molecule has 2 amide bonds. The molecule has 0 radical (unpaired) electrons. The number of rotatable bonds is 10. The van der Waals surface area contributed by atoms with Gasteiger partial charge < -0.3 is 35.3 Å². The van der Waals surface area contributed by atoms with Crippen LogP contribution < -0.4 is 25.8 Å². The maximum Gasteiger partial charge on any atom is 0.573 e. The van der Waals surface area contributed by atoms with Crippen molar-refractivity contribution in [3.63, 3.8) is 0 Å². The summed E-state index contributed by atoms with van der Waals surface area (Å²) in [6, 6.07) is 19.3. The molecule has 16 heteroatoms. The van der Waals surface area contributed by atoms with Crippen LogP contribution in [0.2, 0.25) is 0 Å². The molecule has 0 aliphatic heterocycles. The van der Waals surface area contributed by atoms with Crippen LogP contribution in [0.15, 0.2) is 84.9 Å². The minimum Gasteiger partial charge on any atom is -0.462 e. The van der Waals surface area contributed by atoms with Crippen LogP contribution in [0, 0.1) is 0 Å². The Hall–Kier alpha value is -5.93. The van der Waals surface area contributed by atoms with E-state index < -0.39 is 36.4 Å². The average Bonchev–Trinajstić information content (AvgIpc) is 3.13. The van der Waals surface area contributed by atoms with Gasteiger partial charge in [-0.2, -0.15) is 0 Å². The molecule has 1 fully saturated rings. The molecule has 10 nitrogen and oxygen atoms in total. The number of amides is 2. The van der Waals surface area contributed by atoms with E-state index >= 15 is 0 Å². The van der Waals surface area contributed by atoms with Crippen LogP contribution in [0.4, 0.5) is 42.5 Å². The second-order valence-electron chi connectivity index (χ2n) is 12.1. The SMILES string of the molecule is CCOC(=O)c1ccc(-c2cc(N)ccc2OC(F)(F)F)cc1.CCOC(=O)c1ccc(-c2cc(NC(=O)NC3CCCCC3)ccc2OC(F)(F)F)cc1. The highest BCUT2D eigenvalue weighted by Crippen LogP contribution is 2.37. The lowest BCUT2D eigenvalue weighted by Gasteiger charge is -2.23. The fraction of sp³-hybridized carbons (Fsp3) is 0.308. The first-order chi connectivity index (χ1) is 26.0. The van der Waals surface area contributed by atoms with E-state index in [9.17, 15) is 40.7 Å². The van der Waals surface area contributed by atoms with Gasteiger partial charge in [-0.3, -0.25) is 0 Å². The Morgan fingerprint density at radius 3 is 1.56 bits per heavy atom. The summed E-state index contributed by atoms with van der Waals surface area (Å²) >= 11 is 0. The maximum atomic E-state index is 12.9. The Morgan fingerprint density at radius 1 is 0.655 bits per heavy atom. The molecular formula is C39H39F6N3O7. The van der Waals surface area contributed by atoms with Gasteiger partial charge >= 0.3 is 30.7 Å². The number of alkyl halides is 6. The van der Waals surface area contributed by atoms with Gasteiger partial charge in [-0.1, -0.05) is 43.5 Å².